The predicted octanol–water partition coefficient (Wildman–Crippen LogP) is 2.29. The van der Waals surface area contributed by atoms with Crippen molar-refractivity contribution >= 4 is 16.5 Å². The second kappa shape index (κ2) is 2.80. The molecule has 2 N–H and O–H groups in total. The molecule has 0 saturated heterocycles. The molecule has 0 radical (unpaired) electrons. The van der Waals surface area contributed by atoms with Crippen molar-refractivity contribution in [3.8, 4) is 6.07 Å². The van der Waals surface area contributed by atoms with Gasteiger partial charge in [-0.2, -0.15) is 5.26 Å². The van der Waals surface area contributed by atoms with Gasteiger partial charge < -0.3 is 5.73 Å². The zero-order valence-corrected chi connectivity index (χ0v) is 6.99. The summed E-state index contributed by atoms with van der Waals surface area (Å²) in [7, 11) is 0. The lowest BCUT2D eigenvalue weighted by atomic mass is 10.1. The van der Waals surface area contributed by atoms with Crippen LogP contribution in [0.1, 0.15) is 5.56 Å². The van der Waals surface area contributed by atoms with Crippen molar-refractivity contribution < 1.29 is 0 Å². The predicted molar refractivity (Wildman–Crippen MR) is 53.1 cm³/mol. The molecule has 13 heavy (non-hydrogen) atoms. The molecule has 0 heterocycles. The molecule has 0 aliphatic carbocycles. The maximum Gasteiger partial charge on any atom is 0.0991 e. The third-order valence-corrected chi connectivity index (χ3v) is 2.04. The minimum atomic E-state index is 0.644. The topological polar surface area (TPSA) is 49.8 Å². The third kappa shape index (κ3) is 1.21. The normalized spacial score (nSPS) is 9.77. The van der Waals surface area contributed by atoms with Gasteiger partial charge in [0.05, 0.1) is 11.6 Å². The first-order chi connectivity index (χ1) is 6.31. The summed E-state index contributed by atoms with van der Waals surface area (Å²) in [6.45, 7) is 0. The van der Waals surface area contributed by atoms with Gasteiger partial charge in [0, 0.05) is 11.1 Å². The van der Waals surface area contributed by atoms with E-state index < -0.39 is 0 Å². The first-order valence-corrected chi connectivity index (χ1v) is 3.99. The molecule has 0 aromatic heterocycles. The average Bonchev–Trinajstić information content (AvgIpc) is 2.18. The van der Waals surface area contributed by atoms with E-state index in [9.17, 15) is 0 Å². The van der Waals surface area contributed by atoms with Gasteiger partial charge in [0.25, 0.3) is 0 Å². The van der Waals surface area contributed by atoms with E-state index in [1.165, 1.54) is 0 Å². The molecule has 0 bridgehead atoms. The second-order valence-electron chi connectivity index (χ2n) is 2.89. The van der Waals surface area contributed by atoms with E-state index in [1.807, 2.05) is 30.3 Å². The zero-order valence-electron chi connectivity index (χ0n) is 6.99. The number of rotatable bonds is 0. The van der Waals surface area contributed by atoms with Gasteiger partial charge in [-0.05, 0) is 23.6 Å². The Morgan fingerprint density at radius 1 is 1.15 bits per heavy atom. The Bertz CT molecular complexity index is 495. The van der Waals surface area contributed by atoms with Crippen molar-refractivity contribution in [2.45, 2.75) is 0 Å². The molecule has 2 heteroatoms. The molecule has 0 aliphatic rings. The number of anilines is 1. The first-order valence-electron chi connectivity index (χ1n) is 3.99. The number of nitrogen functional groups attached to an aromatic ring is 1. The highest BCUT2D eigenvalue weighted by Crippen LogP contribution is 2.21. The lowest BCUT2D eigenvalue weighted by Gasteiger charge is -2.00. The Balaban J connectivity index is 2.84. The van der Waals surface area contributed by atoms with Crippen molar-refractivity contribution in [3.05, 3.63) is 42.0 Å². The van der Waals surface area contributed by atoms with Crippen LogP contribution in [0.3, 0.4) is 0 Å². The Morgan fingerprint density at radius 2 is 2.00 bits per heavy atom. The molecule has 0 aliphatic heterocycles. The van der Waals surface area contributed by atoms with Crippen LogP contribution >= 0.6 is 0 Å². The van der Waals surface area contributed by atoms with Crippen LogP contribution in [0.5, 0.6) is 0 Å². The van der Waals surface area contributed by atoms with E-state index in [2.05, 4.69) is 6.07 Å². The summed E-state index contributed by atoms with van der Waals surface area (Å²) in [6, 6.07) is 13.3. The number of nitrogens with zero attached hydrogens (tertiary/aromatic N) is 1. The largest absolute Gasteiger partial charge is 0.398 e. The fourth-order valence-electron chi connectivity index (χ4n) is 1.37. The van der Waals surface area contributed by atoms with E-state index in [0.29, 0.717) is 5.56 Å². The van der Waals surface area contributed by atoms with Crippen LogP contribution in [-0.4, -0.2) is 0 Å². The number of benzene rings is 2. The Hall–Kier alpha value is -2.01. The molecule has 0 fully saturated rings. The monoisotopic (exact) mass is 168 g/mol. The molecular weight excluding hydrogens is 160 g/mol. The maximum absolute atomic E-state index is 8.70. The minimum absolute atomic E-state index is 0.644. The fourth-order valence-corrected chi connectivity index (χ4v) is 1.37. The summed E-state index contributed by atoms with van der Waals surface area (Å²) in [4.78, 5) is 0. The molecule has 0 unspecified atom stereocenters. The smallest absolute Gasteiger partial charge is 0.0991 e. The molecule has 0 atom stereocenters. The molecule has 2 aromatic carbocycles. The van der Waals surface area contributed by atoms with Crippen LogP contribution in [0.15, 0.2) is 36.4 Å². The van der Waals surface area contributed by atoms with E-state index in [4.69, 9.17) is 11.0 Å². The SMILES string of the molecule is N#Cc1ccc2cccc(N)c2c1. The van der Waals surface area contributed by atoms with E-state index in [1.54, 1.807) is 6.07 Å². The Labute approximate surface area is 76.2 Å². The second-order valence-corrected chi connectivity index (χ2v) is 2.89. The maximum atomic E-state index is 8.70. The standard InChI is InChI=1S/C11H8N2/c12-7-8-4-5-9-2-1-3-11(13)10(9)6-8/h1-6H,13H2. The van der Waals surface area contributed by atoms with Crippen LogP contribution in [0.4, 0.5) is 5.69 Å². The molecule has 62 valence electrons. The number of fused-ring (bicyclic) bond motifs is 1. The highest BCUT2D eigenvalue weighted by Gasteiger charge is 1.97. The highest BCUT2D eigenvalue weighted by molar-refractivity contribution is 5.93. The zero-order chi connectivity index (χ0) is 9.26. The number of hydrogen-bond donors (Lipinski definition) is 1. The van der Waals surface area contributed by atoms with Gasteiger partial charge in [-0.1, -0.05) is 18.2 Å². The van der Waals surface area contributed by atoms with E-state index in [-0.39, 0.29) is 0 Å². The van der Waals surface area contributed by atoms with Crippen LogP contribution in [0, 0.1) is 11.3 Å². The van der Waals surface area contributed by atoms with Gasteiger partial charge in [0.1, 0.15) is 0 Å². The van der Waals surface area contributed by atoms with Gasteiger partial charge >= 0.3 is 0 Å². The lowest BCUT2D eigenvalue weighted by Crippen LogP contribution is -1.86. The molecule has 2 rings (SSSR count). The molecule has 2 aromatic rings. The molecule has 2 nitrogen and oxygen atoms in total. The minimum Gasteiger partial charge on any atom is -0.398 e. The summed E-state index contributed by atoms with van der Waals surface area (Å²) in [5.74, 6) is 0. The molecule has 0 spiro atoms. The van der Waals surface area contributed by atoms with Gasteiger partial charge in [0.15, 0.2) is 0 Å². The highest BCUT2D eigenvalue weighted by atomic mass is 14.5. The summed E-state index contributed by atoms with van der Waals surface area (Å²) in [5, 5.41) is 10.7. The van der Waals surface area contributed by atoms with Crippen LogP contribution < -0.4 is 5.73 Å². The molecule has 0 saturated carbocycles. The van der Waals surface area contributed by atoms with Crippen molar-refractivity contribution in [3.63, 3.8) is 0 Å². The fraction of sp³-hybridized carbons (Fsp3) is 0. The number of nitrogens with two attached hydrogens (primary N) is 1. The summed E-state index contributed by atoms with van der Waals surface area (Å²) in [6.07, 6.45) is 0. The average molecular weight is 168 g/mol. The van der Waals surface area contributed by atoms with Gasteiger partial charge in [-0.3, -0.25) is 0 Å². The van der Waals surface area contributed by atoms with Crippen LogP contribution in [0.2, 0.25) is 0 Å². The van der Waals surface area contributed by atoms with Crippen molar-refractivity contribution in [2.24, 2.45) is 0 Å². The molecular formula is C11H8N2. The summed E-state index contributed by atoms with van der Waals surface area (Å²) >= 11 is 0. The van der Waals surface area contributed by atoms with Crippen LogP contribution in [0.25, 0.3) is 10.8 Å². The van der Waals surface area contributed by atoms with E-state index >= 15 is 0 Å². The Kier molecular flexibility index (Phi) is 1.64. The van der Waals surface area contributed by atoms with Gasteiger partial charge in [0.2, 0.25) is 0 Å². The van der Waals surface area contributed by atoms with Gasteiger partial charge in [-0.25, -0.2) is 0 Å². The first kappa shape index (κ1) is 7.63. The third-order valence-electron chi connectivity index (χ3n) is 2.04. The van der Waals surface area contributed by atoms with E-state index in [0.717, 1.165) is 16.5 Å². The summed E-state index contributed by atoms with van der Waals surface area (Å²) < 4.78 is 0. The number of nitriles is 1. The molecule has 0 amide bonds. The van der Waals surface area contributed by atoms with Crippen LogP contribution in [-0.2, 0) is 0 Å². The van der Waals surface area contributed by atoms with Crippen molar-refractivity contribution in [1.82, 2.24) is 0 Å². The number of hydrogen-bond acceptors (Lipinski definition) is 2. The lowest BCUT2D eigenvalue weighted by molar-refractivity contribution is 1.50. The van der Waals surface area contributed by atoms with Gasteiger partial charge in [-0.15, -0.1) is 0 Å². The summed E-state index contributed by atoms with van der Waals surface area (Å²) in [5.41, 5.74) is 7.13. The van der Waals surface area contributed by atoms with Crippen molar-refractivity contribution in [2.75, 3.05) is 5.73 Å². The van der Waals surface area contributed by atoms with Crippen molar-refractivity contribution in [1.29, 1.82) is 5.26 Å². The Morgan fingerprint density at radius 3 is 2.77 bits per heavy atom. The quantitative estimate of drug-likeness (QED) is 0.613.